The first kappa shape index (κ1) is 21.2. The molecule has 5 heteroatoms. The Bertz CT molecular complexity index is 1030. The van der Waals surface area contributed by atoms with Gasteiger partial charge in [0.15, 0.2) is 6.10 Å². The summed E-state index contributed by atoms with van der Waals surface area (Å²) >= 11 is 0. The molecule has 0 amide bonds. The second-order valence-corrected chi connectivity index (χ2v) is 10.0. The number of esters is 1. The van der Waals surface area contributed by atoms with Crippen LogP contribution in [0, 0.1) is 23.2 Å². The monoisotopic (exact) mass is 434 g/mol. The first-order valence-corrected chi connectivity index (χ1v) is 11.7. The Morgan fingerprint density at radius 3 is 2.59 bits per heavy atom. The van der Waals surface area contributed by atoms with Crippen LogP contribution in [0.5, 0.6) is 5.75 Å². The molecule has 2 N–H and O–H groups in total. The van der Waals surface area contributed by atoms with E-state index in [0.717, 1.165) is 38.5 Å². The standard InChI is InChI=1S/C27H30O5/c1-27-14-13-20-19-10-8-18(32-26(31)16-5-3-2-4-6-16)15-17(19)7-9-21(20)22(27)11-12-23(27)24(28)25(29)30/h2-6,8,10,15,20-24,28H,7,9,11-14H2,1H3,(H,29,30)/t20-,21-,22+,23-,24?,27+/m1/s1. The zero-order valence-electron chi connectivity index (χ0n) is 18.4. The van der Waals surface area contributed by atoms with Crippen molar-refractivity contribution in [3.63, 3.8) is 0 Å². The van der Waals surface area contributed by atoms with E-state index >= 15 is 0 Å². The number of aliphatic hydroxyl groups excluding tert-OH is 1. The second kappa shape index (κ2) is 8.04. The molecule has 2 aromatic carbocycles. The Kier molecular flexibility index (Phi) is 5.32. The van der Waals surface area contributed by atoms with Crippen molar-refractivity contribution in [3.05, 3.63) is 65.2 Å². The molecule has 0 heterocycles. The van der Waals surface area contributed by atoms with Gasteiger partial charge < -0.3 is 14.9 Å². The van der Waals surface area contributed by atoms with E-state index in [-0.39, 0.29) is 17.3 Å². The van der Waals surface area contributed by atoms with Crippen LogP contribution in [0.15, 0.2) is 48.5 Å². The van der Waals surface area contributed by atoms with Crippen LogP contribution < -0.4 is 4.74 Å². The molecule has 0 aromatic heterocycles. The maximum atomic E-state index is 12.4. The van der Waals surface area contributed by atoms with Crippen LogP contribution in [0.25, 0.3) is 0 Å². The zero-order chi connectivity index (χ0) is 22.5. The van der Waals surface area contributed by atoms with E-state index in [1.54, 1.807) is 12.1 Å². The summed E-state index contributed by atoms with van der Waals surface area (Å²) in [7, 11) is 0. The number of carboxylic acid groups (broad SMARTS) is 1. The number of rotatable bonds is 4. The molecular formula is C27H30O5. The first-order chi connectivity index (χ1) is 15.4. The van der Waals surface area contributed by atoms with Crippen LogP contribution in [-0.2, 0) is 11.2 Å². The van der Waals surface area contributed by atoms with Crippen molar-refractivity contribution >= 4 is 11.9 Å². The smallest absolute Gasteiger partial charge is 0.343 e. The molecule has 0 bridgehead atoms. The quantitative estimate of drug-likeness (QED) is 0.532. The Balaban J connectivity index is 1.35. The lowest BCUT2D eigenvalue weighted by atomic mass is 9.53. The summed E-state index contributed by atoms with van der Waals surface area (Å²) in [6.45, 7) is 2.21. The Morgan fingerprint density at radius 1 is 1.06 bits per heavy atom. The van der Waals surface area contributed by atoms with Gasteiger partial charge in [-0.15, -0.1) is 0 Å². The molecule has 1 unspecified atom stereocenters. The maximum absolute atomic E-state index is 12.4. The minimum Gasteiger partial charge on any atom is -0.479 e. The van der Waals surface area contributed by atoms with Gasteiger partial charge in [0, 0.05) is 5.92 Å². The lowest BCUT2D eigenvalue weighted by Gasteiger charge is -2.51. The van der Waals surface area contributed by atoms with Crippen LogP contribution >= 0.6 is 0 Å². The van der Waals surface area contributed by atoms with Gasteiger partial charge in [0.2, 0.25) is 0 Å². The van der Waals surface area contributed by atoms with Gasteiger partial charge in [0.25, 0.3) is 0 Å². The van der Waals surface area contributed by atoms with Gasteiger partial charge in [0.05, 0.1) is 5.56 Å². The van der Waals surface area contributed by atoms with Gasteiger partial charge in [-0.3, -0.25) is 0 Å². The molecule has 0 aliphatic heterocycles. The van der Waals surface area contributed by atoms with Crippen LogP contribution in [0.1, 0.15) is 66.4 Å². The van der Waals surface area contributed by atoms with Crippen LogP contribution in [0.3, 0.4) is 0 Å². The molecule has 2 fully saturated rings. The molecule has 2 aromatic rings. The van der Waals surface area contributed by atoms with Gasteiger partial charge in [-0.05, 0) is 97.1 Å². The number of fused-ring (bicyclic) bond motifs is 5. The maximum Gasteiger partial charge on any atom is 0.343 e. The van der Waals surface area contributed by atoms with E-state index in [0.29, 0.717) is 29.1 Å². The second-order valence-electron chi connectivity index (χ2n) is 10.0. The van der Waals surface area contributed by atoms with Crippen LogP contribution in [0.4, 0.5) is 0 Å². The molecule has 3 aliphatic carbocycles. The molecule has 5 nitrogen and oxygen atoms in total. The van der Waals surface area contributed by atoms with Crippen molar-refractivity contribution < 1.29 is 24.5 Å². The number of carbonyl (C=O) groups is 2. The average Bonchev–Trinajstić information content (AvgIpc) is 3.15. The molecule has 3 aliphatic rings. The third kappa shape index (κ3) is 3.43. The highest BCUT2D eigenvalue weighted by molar-refractivity contribution is 5.91. The van der Waals surface area contributed by atoms with Gasteiger partial charge >= 0.3 is 11.9 Å². The molecule has 2 saturated carbocycles. The highest BCUT2D eigenvalue weighted by Gasteiger charge is 2.57. The van der Waals surface area contributed by atoms with Crippen molar-refractivity contribution in [1.82, 2.24) is 0 Å². The molecule has 0 spiro atoms. The van der Waals surface area contributed by atoms with Gasteiger partial charge in [0.1, 0.15) is 5.75 Å². The predicted molar refractivity (Wildman–Crippen MR) is 120 cm³/mol. The zero-order valence-corrected chi connectivity index (χ0v) is 18.4. The minimum absolute atomic E-state index is 0.109. The van der Waals surface area contributed by atoms with Crippen molar-refractivity contribution in [1.29, 1.82) is 0 Å². The summed E-state index contributed by atoms with van der Waals surface area (Å²) in [6.07, 6.45) is 4.47. The van der Waals surface area contributed by atoms with Gasteiger partial charge in [-0.1, -0.05) is 31.2 Å². The molecular weight excluding hydrogens is 404 g/mol. The van der Waals surface area contributed by atoms with Crippen molar-refractivity contribution in [2.45, 2.75) is 57.5 Å². The summed E-state index contributed by atoms with van der Waals surface area (Å²) in [6, 6.07) is 15.1. The van der Waals surface area contributed by atoms with Crippen LogP contribution in [0.2, 0.25) is 0 Å². The third-order valence-corrected chi connectivity index (χ3v) is 8.63. The highest BCUT2D eigenvalue weighted by atomic mass is 16.5. The number of aliphatic carboxylic acids is 1. The minimum atomic E-state index is -1.26. The number of aryl methyl sites for hydroxylation is 1. The normalized spacial score (nSPS) is 31.7. The first-order valence-electron chi connectivity index (χ1n) is 11.7. The van der Waals surface area contributed by atoms with E-state index in [4.69, 9.17) is 4.74 Å². The number of ether oxygens (including phenoxy) is 1. The summed E-state index contributed by atoms with van der Waals surface area (Å²) in [5.74, 6) is 0.409. The van der Waals surface area contributed by atoms with E-state index in [9.17, 15) is 19.8 Å². The van der Waals surface area contributed by atoms with Crippen LogP contribution in [-0.4, -0.2) is 28.3 Å². The Labute approximate surface area is 188 Å². The average molecular weight is 435 g/mol. The number of hydrogen-bond acceptors (Lipinski definition) is 4. The van der Waals surface area contributed by atoms with Crippen molar-refractivity contribution in [2.75, 3.05) is 0 Å². The van der Waals surface area contributed by atoms with E-state index in [1.807, 2.05) is 30.3 Å². The number of aliphatic hydroxyl groups is 1. The highest BCUT2D eigenvalue weighted by Crippen LogP contribution is 2.63. The summed E-state index contributed by atoms with van der Waals surface area (Å²) in [5, 5.41) is 19.7. The summed E-state index contributed by atoms with van der Waals surface area (Å²) in [5.41, 5.74) is 3.04. The van der Waals surface area contributed by atoms with Gasteiger partial charge in [-0.2, -0.15) is 0 Å². The Hall–Kier alpha value is -2.66. The number of benzene rings is 2. The summed E-state index contributed by atoms with van der Waals surface area (Å²) in [4.78, 5) is 23.9. The van der Waals surface area contributed by atoms with E-state index in [1.165, 1.54) is 11.1 Å². The Morgan fingerprint density at radius 2 is 1.84 bits per heavy atom. The molecule has 0 radical (unpaired) electrons. The predicted octanol–water partition coefficient (Wildman–Crippen LogP) is 4.82. The van der Waals surface area contributed by atoms with E-state index in [2.05, 4.69) is 13.0 Å². The topological polar surface area (TPSA) is 83.8 Å². The lowest BCUT2D eigenvalue weighted by molar-refractivity contribution is -0.153. The van der Waals surface area contributed by atoms with Crippen molar-refractivity contribution in [2.24, 2.45) is 23.2 Å². The fraction of sp³-hybridized carbons (Fsp3) is 0.481. The summed E-state index contributed by atoms with van der Waals surface area (Å²) < 4.78 is 5.63. The molecule has 6 atom stereocenters. The number of hydrogen-bond donors (Lipinski definition) is 2. The van der Waals surface area contributed by atoms with E-state index < -0.39 is 12.1 Å². The molecule has 32 heavy (non-hydrogen) atoms. The lowest BCUT2D eigenvalue weighted by Crippen LogP contribution is -2.46. The molecule has 5 rings (SSSR count). The fourth-order valence-electron chi connectivity index (χ4n) is 7.09. The SMILES string of the molecule is C[C@]12CC[C@@H]3c4ccc(OC(=O)c5ccccc5)cc4CC[C@H]3[C@@H]1CC[C@@H]2C(O)C(=O)O. The largest absolute Gasteiger partial charge is 0.479 e. The fourth-order valence-corrected chi connectivity index (χ4v) is 7.09. The van der Waals surface area contributed by atoms with Gasteiger partial charge in [-0.25, -0.2) is 9.59 Å². The third-order valence-electron chi connectivity index (χ3n) is 8.63. The van der Waals surface area contributed by atoms with Crippen molar-refractivity contribution in [3.8, 4) is 5.75 Å². The number of carbonyl (C=O) groups excluding carboxylic acids is 1. The molecule has 0 saturated heterocycles. The number of carboxylic acids is 1. The molecule has 168 valence electrons.